The summed E-state index contributed by atoms with van der Waals surface area (Å²) in [5, 5.41) is 0.718. The summed E-state index contributed by atoms with van der Waals surface area (Å²) >= 11 is 1.43. The van der Waals surface area contributed by atoms with Crippen LogP contribution in [-0.2, 0) is 16.8 Å². The Morgan fingerprint density at radius 1 is 1.36 bits per heavy atom. The number of aliphatic imine (C=N–C) groups is 1. The van der Waals surface area contributed by atoms with Crippen molar-refractivity contribution in [2.24, 2.45) is 10.7 Å². The normalized spacial score (nSPS) is 19.5. The SMILES string of the molecule is CSc1cnc(C(=O)Cc2ccc(F)c(C3(C)CC(=O)N(C)C(N)=N3)c2)cn1. The first-order valence-corrected chi connectivity index (χ1v) is 9.76. The van der Waals surface area contributed by atoms with Gasteiger partial charge in [-0.25, -0.2) is 19.4 Å². The van der Waals surface area contributed by atoms with Crippen LogP contribution in [0.4, 0.5) is 4.39 Å². The van der Waals surface area contributed by atoms with E-state index in [2.05, 4.69) is 15.0 Å². The molecule has 3 rings (SSSR count). The number of thioether (sulfide) groups is 1. The number of aromatic nitrogens is 2. The number of hydrogen-bond acceptors (Lipinski definition) is 7. The zero-order chi connectivity index (χ0) is 20.5. The zero-order valence-corrected chi connectivity index (χ0v) is 16.6. The highest BCUT2D eigenvalue weighted by atomic mass is 32.2. The molecule has 1 aliphatic heterocycles. The van der Waals surface area contributed by atoms with Gasteiger partial charge in [-0.05, 0) is 30.9 Å². The highest BCUT2D eigenvalue weighted by Gasteiger charge is 2.38. The fraction of sp³-hybridized carbons (Fsp3) is 0.316. The summed E-state index contributed by atoms with van der Waals surface area (Å²) in [6.45, 7) is 1.65. The number of halogens is 1. The Morgan fingerprint density at radius 2 is 2.11 bits per heavy atom. The molecule has 2 heterocycles. The van der Waals surface area contributed by atoms with Gasteiger partial charge in [-0.2, -0.15) is 0 Å². The van der Waals surface area contributed by atoms with Gasteiger partial charge in [-0.3, -0.25) is 14.5 Å². The van der Waals surface area contributed by atoms with Crippen LogP contribution in [0, 0.1) is 5.82 Å². The summed E-state index contributed by atoms with van der Waals surface area (Å²) in [6.07, 6.45) is 4.86. The van der Waals surface area contributed by atoms with Crippen LogP contribution in [0.1, 0.15) is 35.0 Å². The first-order valence-electron chi connectivity index (χ1n) is 8.53. The van der Waals surface area contributed by atoms with Crippen LogP contribution < -0.4 is 5.73 Å². The van der Waals surface area contributed by atoms with Crippen molar-refractivity contribution < 1.29 is 14.0 Å². The van der Waals surface area contributed by atoms with Gasteiger partial charge in [-0.15, -0.1) is 11.8 Å². The van der Waals surface area contributed by atoms with Crippen LogP contribution in [0.5, 0.6) is 0 Å². The third-order valence-electron chi connectivity index (χ3n) is 4.67. The van der Waals surface area contributed by atoms with Gasteiger partial charge < -0.3 is 5.73 Å². The molecule has 0 radical (unpaired) electrons. The molecular weight excluding hydrogens is 381 g/mol. The van der Waals surface area contributed by atoms with Crippen LogP contribution in [0.15, 0.2) is 40.6 Å². The molecule has 0 aliphatic carbocycles. The average Bonchev–Trinajstić information content (AvgIpc) is 2.67. The molecule has 9 heteroatoms. The van der Waals surface area contributed by atoms with Crippen molar-refractivity contribution >= 4 is 29.4 Å². The third-order valence-corrected chi connectivity index (χ3v) is 5.30. The van der Waals surface area contributed by atoms with Gasteiger partial charge in [0.15, 0.2) is 11.7 Å². The van der Waals surface area contributed by atoms with Gasteiger partial charge in [-0.1, -0.05) is 6.07 Å². The number of ketones is 1. The van der Waals surface area contributed by atoms with E-state index < -0.39 is 11.4 Å². The van der Waals surface area contributed by atoms with Crippen molar-refractivity contribution in [1.82, 2.24) is 14.9 Å². The van der Waals surface area contributed by atoms with Crippen LogP contribution in [-0.4, -0.2) is 45.8 Å². The van der Waals surface area contributed by atoms with Crippen molar-refractivity contribution in [3.05, 3.63) is 53.2 Å². The summed E-state index contributed by atoms with van der Waals surface area (Å²) in [4.78, 5) is 38.5. The summed E-state index contributed by atoms with van der Waals surface area (Å²) in [7, 11) is 1.52. The van der Waals surface area contributed by atoms with Crippen molar-refractivity contribution in [2.45, 2.75) is 30.3 Å². The van der Waals surface area contributed by atoms with E-state index >= 15 is 0 Å². The van der Waals surface area contributed by atoms with Crippen molar-refractivity contribution in [2.75, 3.05) is 13.3 Å². The number of rotatable bonds is 5. The molecule has 146 valence electrons. The fourth-order valence-electron chi connectivity index (χ4n) is 3.00. The van der Waals surface area contributed by atoms with Gasteiger partial charge in [0.1, 0.15) is 16.5 Å². The van der Waals surface area contributed by atoms with Crippen LogP contribution in [0.3, 0.4) is 0 Å². The summed E-state index contributed by atoms with van der Waals surface area (Å²) in [6, 6.07) is 4.38. The summed E-state index contributed by atoms with van der Waals surface area (Å²) in [5.74, 6) is -0.953. The highest BCUT2D eigenvalue weighted by molar-refractivity contribution is 7.98. The molecule has 1 aromatic carbocycles. The molecule has 1 amide bonds. The number of carbonyl (C=O) groups is 2. The van der Waals surface area contributed by atoms with Crippen molar-refractivity contribution in [3.63, 3.8) is 0 Å². The average molecular weight is 401 g/mol. The number of nitrogens with zero attached hydrogens (tertiary/aromatic N) is 4. The zero-order valence-electron chi connectivity index (χ0n) is 15.8. The second-order valence-corrected chi connectivity index (χ2v) is 7.56. The lowest BCUT2D eigenvalue weighted by Gasteiger charge is -2.34. The molecule has 0 bridgehead atoms. The minimum Gasteiger partial charge on any atom is -0.369 e. The maximum Gasteiger partial charge on any atom is 0.231 e. The molecule has 28 heavy (non-hydrogen) atoms. The number of benzene rings is 1. The Morgan fingerprint density at radius 3 is 2.71 bits per heavy atom. The van der Waals surface area contributed by atoms with Gasteiger partial charge in [0.2, 0.25) is 5.91 Å². The maximum absolute atomic E-state index is 14.5. The van der Waals surface area contributed by atoms with E-state index in [-0.39, 0.29) is 41.7 Å². The molecule has 1 aromatic heterocycles. The van der Waals surface area contributed by atoms with Gasteiger partial charge in [0.05, 0.1) is 24.4 Å². The Balaban J connectivity index is 1.89. The Bertz CT molecular complexity index is 963. The quantitative estimate of drug-likeness (QED) is 0.609. The lowest BCUT2D eigenvalue weighted by atomic mass is 9.85. The number of guanidine groups is 1. The van der Waals surface area contributed by atoms with Crippen molar-refractivity contribution in [3.8, 4) is 0 Å². The molecule has 1 atom stereocenters. The number of nitrogens with two attached hydrogens (primary N) is 1. The predicted molar refractivity (Wildman–Crippen MR) is 105 cm³/mol. The largest absolute Gasteiger partial charge is 0.369 e. The minimum absolute atomic E-state index is 0.0137. The standard InChI is InChI=1S/C19H20FN5O2S/c1-19(8-17(27)25(2)18(21)24-19)12-6-11(4-5-13(12)20)7-15(26)14-9-23-16(28-3)10-22-14/h4-6,9-10H,7-8H2,1-3H3,(H2,21,24). The number of hydrogen-bond donors (Lipinski definition) is 1. The number of Topliss-reactive ketones (excluding diaryl/α,β-unsaturated/α-hetero) is 1. The molecule has 1 aliphatic rings. The van der Waals surface area contributed by atoms with Crippen LogP contribution in [0.2, 0.25) is 0 Å². The summed E-state index contributed by atoms with van der Waals surface area (Å²) < 4.78 is 14.5. The molecule has 0 spiro atoms. The number of amides is 1. The fourth-order valence-corrected chi connectivity index (χ4v) is 3.32. The van der Waals surface area contributed by atoms with Crippen LogP contribution in [0.25, 0.3) is 0 Å². The van der Waals surface area contributed by atoms with E-state index in [0.29, 0.717) is 5.56 Å². The lowest BCUT2D eigenvalue weighted by Crippen LogP contribution is -2.47. The molecule has 0 saturated carbocycles. The second kappa shape index (κ2) is 7.67. The third kappa shape index (κ3) is 3.89. The predicted octanol–water partition coefficient (Wildman–Crippen LogP) is 2.16. The maximum atomic E-state index is 14.5. The van der Waals surface area contributed by atoms with E-state index in [1.807, 2.05) is 6.26 Å². The second-order valence-electron chi connectivity index (χ2n) is 6.73. The lowest BCUT2D eigenvalue weighted by molar-refractivity contribution is -0.128. The first kappa shape index (κ1) is 19.9. The first-order chi connectivity index (χ1) is 13.2. The molecular formula is C19H20FN5O2S. The smallest absolute Gasteiger partial charge is 0.231 e. The van der Waals surface area contributed by atoms with E-state index in [1.54, 1.807) is 13.0 Å². The number of carbonyl (C=O) groups excluding carboxylic acids is 2. The topological polar surface area (TPSA) is 102 Å². The van der Waals surface area contributed by atoms with E-state index in [0.717, 1.165) is 5.03 Å². The van der Waals surface area contributed by atoms with Crippen molar-refractivity contribution in [1.29, 1.82) is 0 Å². The van der Waals surface area contributed by atoms with E-state index in [1.165, 1.54) is 48.2 Å². The molecule has 0 saturated heterocycles. The Hall–Kier alpha value is -2.81. The summed E-state index contributed by atoms with van der Waals surface area (Å²) in [5.41, 5.74) is 5.75. The highest BCUT2D eigenvalue weighted by Crippen LogP contribution is 2.35. The molecule has 2 aromatic rings. The molecule has 7 nitrogen and oxygen atoms in total. The molecule has 1 unspecified atom stereocenters. The molecule has 0 fully saturated rings. The molecule has 2 N–H and O–H groups in total. The Labute approximate surface area is 166 Å². The van der Waals surface area contributed by atoms with E-state index in [9.17, 15) is 14.0 Å². The van der Waals surface area contributed by atoms with Crippen LogP contribution >= 0.6 is 11.8 Å². The van der Waals surface area contributed by atoms with Gasteiger partial charge >= 0.3 is 0 Å². The van der Waals surface area contributed by atoms with Gasteiger partial charge in [0.25, 0.3) is 0 Å². The van der Waals surface area contributed by atoms with E-state index in [4.69, 9.17) is 5.73 Å². The minimum atomic E-state index is -1.13. The van der Waals surface area contributed by atoms with Gasteiger partial charge in [0, 0.05) is 19.0 Å². The monoisotopic (exact) mass is 401 g/mol. The Kier molecular flexibility index (Phi) is 5.46.